The van der Waals surface area contributed by atoms with Crippen molar-refractivity contribution >= 4 is 17.2 Å². The van der Waals surface area contributed by atoms with Gasteiger partial charge in [-0.2, -0.15) is 0 Å². The van der Waals surface area contributed by atoms with Crippen molar-refractivity contribution in [3.05, 3.63) is 52.2 Å². The van der Waals surface area contributed by atoms with Gasteiger partial charge >= 0.3 is 0 Å². The SMILES string of the molecule is Cc1cccc(OCCNC(=O)CCc2cccs2)c1. The fourth-order valence-corrected chi connectivity index (χ4v) is 2.55. The minimum atomic E-state index is 0.0752. The van der Waals surface area contributed by atoms with Crippen molar-refractivity contribution < 1.29 is 9.53 Å². The normalized spacial score (nSPS) is 10.2. The predicted octanol–water partition coefficient (Wildman–Crippen LogP) is 3.18. The van der Waals surface area contributed by atoms with Crippen molar-refractivity contribution in [2.24, 2.45) is 0 Å². The van der Waals surface area contributed by atoms with Crippen LogP contribution in [0.5, 0.6) is 5.75 Å². The lowest BCUT2D eigenvalue weighted by Gasteiger charge is -2.08. The molecule has 0 bridgehead atoms. The van der Waals surface area contributed by atoms with E-state index in [0.29, 0.717) is 19.6 Å². The highest BCUT2D eigenvalue weighted by Gasteiger charge is 2.02. The summed E-state index contributed by atoms with van der Waals surface area (Å²) in [5.41, 5.74) is 1.17. The first-order valence-corrected chi connectivity index (χ1v) is 7.60. The fraction of sp³-hybridized carbons (Fsp3) is 0.312. The molecule has 1 aromatic heterocycles. The maximum Gasteiger partial charge on any atom is 0.220 e. The number of amides is 1. The molecule has 0 radical (unpaired) electrons. The van der Waals surface area contributed by atoms with Crippen molar-refractivity contribution in [1.82, 2.24) is 5.32 Å². The second kappa shape index (κ2) is 7.70. The highest BCUT2D eigenvalue weighted by atomic mass is 32.1. The van der Waals surface area contributed by atoms with E-state index in [1.165, 1.54) is 10.4 Å². The molecule has 1 amide bonds. The Morgan fingerprint density at radius 3 is 2.95 bits per heavy atom. The third-order valence-electron chi connectivity index (χ3n) is 2.86. The summed E-state index contributed by atoms with van der Waals surface area (Å²) in [4.78, 5) is 12.9. The number of benzene rings is 1. The Bertz CT molecular complexity index is 537. The molecule has 0 saturated heterocycles. The maximum absolute atomic E-state index is 11.6. The first-order chi connectivity index (χ1) is 9.74. The van der Waals surface area contributed by atoms with E-state index < -0.39 is 0 Å². The van der Waals surface area contributed by atoms with Gasteiger partial charge in [0, 0.05) is 11.3 Å². The quantitative estimate of drug-likeness (QED) is 0.795. The molecule has 3 nitrogen and oxygen atoms in total. The Hall–Kier alpha value is -1.81. The summed E-state index contributed by atoms with van der Waals surface area (Å²) in [7, 11) is 0. The Kier molecular flexibility index (Phi) is 5.62. The van der Waals surface area contributed by atoms with Crippen LogP contribution in [0.2, 0.25) is 0 Å². The summed E-state index contributed by atoms with van der Waals surface area (Å²) in [6, 6.07) is 12.0. The molecule has 0 fully saturated rings. The lowest BCUT2D eigenvalue weighted by atomic mass is 10.2. The average Bonchev–Trinajstić information content (AvgIpc) is 2.95. The molecule has 0 atom stereocenters. The molecule has 20 heavy (non-hydrogen) atoms. The molecule has 2 aromatic rings. The van der Waals surface area contributed by atoms with Crippen LogP contribution in [0, 0.1) is 6.92 Å². The van der Waals surface area contributed by atoms with Gasteiger partial charge in [-0.15, -0.1) is 11.3 Å². The number of hydrogen-bond acceptors (Lipinski definition) is 3. The molecular weight excluding hydrogens is 270 g/mol. The second-order valence-corrected chi connectivity index (χ2v) is 5.63. The second-order valence-electron chi connectivity index (χ2n) is 4.59. The smallest absolute Gasteiger partial charge is 0.220 e. The summed E-state index contributed by atoms with van der Waals surface area (Å²) >= 11 is 1.69. The van der Waals surface area contributed by atoms with Crippen molar-refractivity contribution in [3.8, 4) is 5.75 Å². The highest BCUT2D eigenvalue weighted by molar-refractivity contribution is 7.09. The molecule has 4 heteroatoms. The van der Waals surface area contributed by atoms with E-state index in [4.69, 9.17) is 4.74 Å². The molecule has 0 aliphatic carbocycles. The van der Waals surface area contributed by atoms with Crippen LogP contribution in [0.4, 0.5) is 0 Å². The van der Waals surface area contributed by atoms with Crippen LogP contribution < -0.4 is 10.1 Å². The first kappa shape index (κ1) is 14.6. The lowest BCUT2D eigenvalue weighted by molar-refractivity contribution is -0.121. The van der Waals surface area contributed by atoms with Gasteiger partial charge in [0.15, 0.2) is 0 Å². The van der Waals surface area contributed by atoms with E-state index in [0.717, 1.165) is 12.2 Å². The topological polar surface area (TPSA) is 38.3 Å². The fourth-order valence-electron chi connectivity index (χ4n) is 1.84. The Labute approximate surface area is 123 Å². The number of nitrogens with one attached hydrogen (secondary N) is 1. The van der Waals surface area contributed by atoms with Gasteiger partial charge in [-0.1, -0.05) is 18.2 Å². The van der Waals surface area contributed by atoms with Crippen molar-refractivity contribution in [2.45, 2.75) is 19.8 Å². The predicted molar refractivity (Wildman–Crippen MR) is 82.3 cm³/mol. The van der Waals surface area contributed by atoms with Gasteiger partial charge in [0.2, 0.25) is 5.91 Å². The van der Waals surface area contributed by atoms with Gasteiger partial charge in [-0.05, 0) is 42.5 Å². The molecule has 0 aliphatic rings. The molecular formula is C16H19NO2S. The molecule has 0 spiro atoms. The number of carbonyl (C=O) groups excluding carboxylic acids is 1. The minimum Gasteiger partial charge on any atom is -0.492 e. The zero-order chi connectivity index (χ0) is 14.2. The van der Waals surface area contributed by atoms with Crippen LogP contribution in [0.25, 0.3) is 0 Å². The summed E-state index contributed by atoms with van der Waals surface area (Å²) < 4.78 is 5.57. The molecule has 1 N–H and O–H groups in total. The molecule has 2 rings (SSSR count). The zero-order valence-electron chi connectivity index (χ0n) is 11.6. The third-order valence-corrected chi connectivity index (χ3v) is 3.80. The molecule has 1 aromatic carbocycles. The molecule has 0 aliphatic heterocycles. The van der Waals surface area contributed by atoms with Gasteiger partial charge in [0.05, 0.1) is 6.54 Å². The van der Waals surface area contributed by atoms with Crippen LogP contribution in [-0.2, 0) is 11.2 Å². The number of aryl methyl sites for hydroxylation is 2. The summed E-state index contributed by atoms with van der Waals surface area (Å²) in [6.07, 6.45) is 1.34. The van der Waals surface area contributed by atoms with Crippen LogP contribution in [0.1, 0.15) is 16.9 Å². The molecule has 0 unspecified atom stereocenters. The number of rotatable bonds is 7. The van der Waals surface area contributed by atoms with Gasteiger partial charge in [0.25, 0.3) is 0 Å². The Morgan fingerprint density at radius 2 is 2.20 bits per heavy atom. The van der Waals surface area contributed by atoms with Crippen LogP contribution in [-0.4, -0.2) is 19.1 Å². The van der Waals surface area contributed by atoms with Gasteiger partial charge < -0.3 is 10.1 Å². The van der Waals surface area contributed by atoms with Crippen LogP contribution in [0.15, 0.2) is 41.8 Å². The van der Waals surface area contributed by atoms with Crippen molar-refractivity contribution in [3.63, 3.8) is 0 Å². The first-order valence-electron chi connectivity index (χ1n) is 6.72. The number of ether oxygens (including phenoxy) is 1. The third kappa shape index (κ3) is 5.05. The van der Waals surface area contributed by atoms with E-state index in [1.807, 2.05) is 42.6 Å². The Balaban J connectivity index is 1.59. The van der Waals surface area contributed by atoms with Crippen LogP contribution >= 0.6 is 11.3 Å². The largest absolute Gasteiger partial charge is 0.492 e. The van der Waals surface area contributed by atoms with Crippen molar-refractivity contribution in [2.75, 3.05) is 13.2 Å². The molecule has 0 saturated carbocycles. The van der Waals surface area contributed by atoms with E-state index in [-0.39, 0.29) is 5.91 Å². The standard InChI is InChI=1S/C16H19NO2S/c1-13-4-2-5-14(12-13)19-10-9-17-16(18)8-7-15-6-3-11-20-15/h2-6,11-12H,7-10H2,1H3,(H,17,18). The Morgan fingerprint density at radius 1 is 1.30 bits per heavy atom. The monoisotopic (exact) mass is 289 g/mol. The highest BCUT2D eigenvalue weighted by Crippen LogP contribution is 2.12. The van der Waals surface area contributed by atoms with Gasteiger partial charge in [-0.25, -0.2) is 0 Å². The number of carbonyl (C=O) groups is 1. The summed E-state index contributed by atoms with van der Waals surface area (Å²) in [5.74, 6) is 0.920. The average molecular weight is 289 g/mol. The maximum atomic E-state index is 11.6. The zero-order valence-corrected chi connectivity index (χ0v) is 12.4. The lowest BCUT2D eigenvalue weighted by Crippen LogP contribution is -2.28. The number of hydrogen-bond donors (Lipinski definition) is 1. The summed E-state index contributed by atoms with van der Waals surface area (Å²) in [5, 5.41) is 4.90. The van der Waals surface area contributed by atoms with E-state index in [9.17, 15) is 4.79 Å². The van der Waals surface area contributed by atoms with Crippen molar-refractivity contribution in [1.29, 1.82) is 0 Å². The van der Waals surface area contributed by atoms with Gasteiger partial charge in [-0.3, -0.25) is 4.79 Å². The van der Waals surface area contributed by atoms with E-state index in [2.05, 4.69) is 11.4 Å². The van der Waals surface area contributed by atoms with E-state index in [1.54, 1.807) is 11.3 Å². The van der Waals surface area contributed by atoms with Gasteiger partial charge in [0.1, 0.15) is 12.4 Å². The van der Waals surface area contributed by atoms with E-state index >= 15 is 0 Å². The molecule has 1 heterocycles. The molecule has 106 valence electrons. The van der Waals surface area contributed by atoms with Crippen LogP contribution in [0.3, 0.4) is 0 Å². The number of thiophene rings is 1. The minimum absolute atomic E-state index is 0.0752. The summed E-state index contributed by atoms with van der Waals surface area (Å²) in [6.45, 7) is 3.06.